The Labute approximate surface area is 166 Å². The highest BCUT2D eigenvalue weighted by Crippen LogP contribution is 2.33. The van der Waals surface area contributed by atoms with E-state index in [0.717, 1.165) is 5.56 Å². The Morgan fingerprint density at radius 1 is 1.12 bits per heavy atom. The summed E-state index contributed by atoms with van der Waals surface area (Å²) >= 11 is 20.9. The van der Waals surface area contributed by atoms with Crippen molar-refractivity contribution >= 4 is 68.9 Å². The fourth-order valence-electron chi connectivity index (χ4n) is 1.84. The van der Waals surface area contributed by atoms with Gasteiger partial charge in [-0.25, -0.2) is 4.98 Å². The maximum absolute atomic E-state index is 12.2. The Balaban J connectivity index is 1.65. The minimum atomic E-state index is -0.389. The van der Waals surface area contributed by atoms with E-state index >= 15 is 0 Å². The molecule has 5 nitrogen and oxygen atoms in total. The van der Waals surface area contributed by atoms with Crippen LogP contribution in [0, 0.1) is 0 Å². The lowest BCUT2D eigenvalue weighted by Crippen LogP contribution is -2.12. The molecule has 0 bridgehead atoms. The standard InChI is InChI=1S/C15H9Cl3N4OS2/c16-10-4-1-5-11(17)9(10)7-24-15-22-21-14(25-15)20-13(23)8-3-2-6-19-12(8)18/h1-6H,7H2,(H,20,21,23). The minimum absolute atomic E-state index is 0.132. The number of nitrogens with zero attached hydrogens (tertiary/aromatic N) is 3. The number of carbonyl (C=O) groups is 1. The minimum Gasteiger partial charge on any atom is -0.296 e. The zero-order valence-electron chi connectivity index (χ0n) is 12.4. The molecule has 2 aromatic heterocycles. The van der Waals surface area contributed by atoms with Gasteiger partial charge < -0.3 is 0 Å². The summed E-state index contributed by atoms with van der Waals surface area (Å²) in [6, 6.07) is 8.58. The first-order valence-electron chi connectivity index (χ1n) is 6.85. The topological polar surface area (TPSA) is 67.8 Å². The number of halogens is 3. The van der Waals surface area contributed by atoms with Crippen LogP contribution in [0.2, 0.25) is 15.2 Å². The number of carbonyl (C=O) groups excluding carboxylic acids is 1. The molecule has 0 aliphatic carbocycles. The van der Waals surface area contributed by atoms with Gasteiger partial charge in [0.25, 0.3) is 5.91 Å². The number of nitrogens with one attached hydrogen (secondary N) is 1. The lowest BCUT2D eigenvalue weighted by molar-refractivity contribution is 0.102. The Bertz CT molecular complexity index is 899. The molecule has 1 N–H and O–H groups in total. The van der Waals surface area contributed by atoms with Gasteiger partial charge in [-0.1, -0.05) is 64.0 Å². The molecule has 0 aliphatic heterocycles. The van der Waals surface area contributed by atoms with Gasteiger partial charge in [0, 0.05) is 22.0 Å². The molecule has 2 heterocycles. The number of benzene rings is 1. The van der Waals surface area contributed by atoms with E-state index < -0.39 is 0 Å². The van der Waals surface area contributed by atoms with Crippen molar-refractivity contribution in [3.63, 3.8) is 0 Å². The zero-order valence-corrected chi connectivity index (χ0v) is 16.3. The van der Waals surface area contributed by atoms with Gasteiger partial charge in [0.2, 0.25) is 5.13 Å². The summed E-state index contributed by atoms with van der Waals surface area (Å²) in [4.78, 5) is 16.0. The van der Waals surface area contributed by atoms with Crippen molar-refractivity contribution in [2.75, 3.05) is 5.32 Å². The molecule has 1 aromatic carbocycles. The third kappa shape index (κ3) is 4.62. The summed E-state index contributed by atoms with van der Waals surface area (Å²) < 4.78 is 0.684. The van der Waals surface area contributed by atoms with E-state index in [-0.39, 0.29) is 16.6 Å². The first-order chi connectivity index (χ1) is 12.0. The molecule has 1 amide bonds. The zero-order chi connectivity index (χ0) is 17.8. The number of hydrogen-bond acceptors (Lipinski definition) is 6. The second-order valence-electron chi connectivity index (χ2n) is 4.66. The molecule has 0 saturated heterocycles. The first-order valence-corrected chi connectivity index (χ1v) is 9.79. The predicted molar refractivity (Wildman–Crippen MR) is 103 cm³/mol. The van der Waals surface area contributed by atoms with Crippen LogP contribution >= 0.6 is 57.9 Å². The van der Waals surface area contributed by atoms with Gasteiger partial charge in [-0.3, -0.25) is 10.1 Å². The Morgan fingerprint density at radius 2 is 1.88 bits per heavy atom. The molecule has 10 heteroatoms. The summed E-state index contributed by atoms with van der Waals surface area (Å²) in [5, 5.41) is 12.4. The van der Waals surface area contributed by atoms with Crippen molar-refractivity contribution in [3.8, 4) is 0 Å². The number of hydrogen-bond donors (Lipinski definition) is 1. The van der Waals surface area contributed by atoms with Crippen molar-refractivity contribution in [2.45, 2.75) is 10.1 Å². The van der Waals surface area contributed by atoms with E-state index in [0.29, 0.717) is 25.3 Å². The average Bonchev–Trinajstić information content (AvgIpc) is 3.02. The SMILES string of the molecule is O=C(Nc1nnc(SCc2c(Cl)cccc2Cl)s1)c1cccnc1Cl. The van der Waals surface area contributed by atoms with Crippen molar-refractivity contribution in [2.24, 2.45) is 0 Å². The molecule has 3 rings (SSSR count). The van der Waals surface area contributed by atoms with E-state index in [1.807, 2.05) is 0 Å². The molecule has 0 spiro atoms. The van der Waals surface area contributed by atoms with Crippen molar-refractivity contribution in [3.05, 3.63) is 62.9 Å². The van der Waals surface area contributed by atoms with Crippen LogP contribution in [0.3, 0.4) is 0 Å². The monoisotopic (exact) mass is 430 g/mol. The fraction of sp³-hybridized carbons (Fsp3) is 0.0667. The van der Waals surface area contributed by atoms with E-state index in [1.165, 1.54) is 29.3 Å². The summed E-state index contributed by atoms with van der Waals surface area (Å²) in [5.41, 5.74) is 1.11. The van der Waals surface area contributed by atoms with Crippen LogP contribution in [0.4, 0.5) is 5.13 Å². The highest BCUT2D eigenvalue weighted by atomic mass is 35.5. The van der Waals surface area contributed by atoms with Gasteiger partial charge in [0.05, 0.1) is 5.56 Å². The Hall–Kier alpha value is -1.38. The molecule has 0 fully saturated rings. The van der Waals surface area contributed by atoms with E-state index in [4.69, 9.17) is 34.8 Å². The average molecular weight is 432 g/mol. The highest BCUT2D eigenvalue weighted by molar-refractivity contribution is 8.00. The predicted octanol–water partition coefficient (Wildman–Crippen LogP) is 5.44. The van der Waals surface area contributed by atoms with Crippen LogP contribution in [-0.4, -0.2) is 21.1 Å². The molecular weight excluding hydrogens is 423 g/mol. The third-order valence-corrected chi connectivity index (χ3v) is 6.04. The summed E-state index contributed by atoms with van der Waals surface area (Å²) in [7, 11) is 0. The van der Waals surface area contributed by atoms with Crippen molar-refractivity contribution < 1.29 is 4.79 Å². The molecule has 25 heavy (non-hydrogen) atoms. The number of pyridine rings is 1. The van der Waals surface area contributed by atoms with Crippen LogP contribution in [0.1, 0.15) is 15.9 Å². The largest absolute Gasteiger partial charge is 0.296 e. The Kier molecular flexibility index (Phi) is 6.14. The van der Waals surface area contributed by atoms with Gasteiger partial charge in [-0.05, 0) is 29.8 Å². The van der Waals surface area contributed by atoms with Crippen molar-refractivity contribution in [1.29, 1.82) is 0 Å². The van der Waals surface area contributed by atoms with Crippen LogP contribution < -0.4 is 5.32 Å². The maximum Gasteiger partial charge on any atom is 0.260 e. The number of amides is 1. The van der Waals surface area contributed by atoms with Crippen molar-refractivity contribution in [1.82, 2.24) is 15.2 Å². The normalized spacial score (nSPS) is 10.7. The van der Waals surface area contributed by atoms with Crippen LogP contribution in [0.5, 0.6) is 0 Å². The lowest BCUT2D eigenvalue weighted by atomic mass is 10.2. The summed E-state index contributed by atoms with van der Waals surface area (Å²) in [6.45, 7) is 0. The third-order valence-electron chi connectivity index (χ3n) is 3.03. The number of aromatic nitrogens is 3. The summed E-state index contributed by atoms with van der Waals surface area (Å²) in [6.07, 6.45) is 1.51. The van der Waals surface area contributed by atoms with E-state index in [1.54, 1.807) is 30.3 Å². The molecule has 0 saturated carbocycles. The van der Waals surface area contributed by atoms with E-state index in [9.17, 15) is 4.79 Å². The highest BCUT2D eigenvalue weighted by Gasteiger charge is 2.14. The van der Waals surface area contributed by atoms with Gasteiger partial charge in [0.15, 0.2) is 4.34 Å². The van der Waals surface area contributed by atoms with Crippen LogP contribution in [-0.2, 0) is 5.75 Å². The van der Waals surface area contributed by atoms with Gasteiger partial charge in [-0.15, -0.1) is 10.2 Å². The molecule has 0 unspecified atom stereocenters. The van der Waals surface area contributed by atoms with Gasteiger partial charge in [-0.2, -0.15) is 0 Å². The number of anilines is 1. The molecule has 0 aliphatic rings. The molecule has 0 radical (unpaired) electrons. The fourth-order valence-corrected chi connectivity index (χ4v) is 4.54. The smallest absolute Gasteiger partial charge is 0.260 e. The lowest BCUT2D eigenvalue weighted by Gasteiger charge is -2.04. The van der Waals surface area contributed by atoms with Crippen LogP contribution in [0.15, 0.2) is 40.9 Å². The molecule has 3 aromatic rings. The summed E-state index contributed by atoms with van der Waals surface area (Å²) in [5.74, 6) is 0.162. The molecular formula is C15H9Cl3N4OS2. The first kappa shape index (κ1) is 18.4. The second-order valence-corrected chi connectivity index (χ2v) is 8.03. The van der Waals surface area contributed by atoms with Gasteiger partial charge >= 0.3 is 0 Å². The Morgan fingerprint density at radius 3 is 2.60 bits per heavy atom. The molecule has 0 atom stereocenters. The number of rotatable bonds is 5. The van der Waals surface area contributed by atoms with Gasteiger partial charge in [0.1, 0.15) is 5.15 Å². The molecule has 128 valence electrons. The number of thioether (sulfide) groups is 1. The quantitative estimate of drug-likeness (QED) is 0.331. The second kappa shape index (κ2) is 8.33. The van der Waals surface area contributed by atoms with Crippen LogP contribution in [0.25, 0.3) is 0 Å². The maximum atomic E-state index is 12.2. The van der Waals surface area contributed by atoms with E-state index in [2.05, 4.69) is 20.5 Å².